The lowest BCUT2D eigenvalue weighted by molar-refractivity contribution is -0.127. The molecule has 0 fully saturated rings. The first-order valence-corrected chi connectivity index (χ1v) is 11.4. The Morgan fingerprint density at radius 3 is 2.48 bits per heavy atom. The number of nitrogens with one attached hydrogen (secondary N) is 1. The van der Waals surface area contributed by atoms with Crippen molar-refractivity contribution in [1.29, 1.82) is 0 Å². The van der Waals surface area contributed by atoms with Gasteiger partial charge >= 0.3 is 0 Å². The maximum Gasteiger partial charge on any atom is 0.255 e. The number of nitrogens with two attached hydrogens (primary N) is 2. The summed E-state index contributed by atoms with van der Waals surface area (Å²) in [7, 11) is 0. The van der Waals surface area contributed by atoms with Crippen molar-refractivity contribution in [3.63, 3.8) is 0 Å². The third-order valence-corrected chi connectivity index (χ3v) is 5.44. The van der Waals surface area contributed by atoms with Gasteiger partial charge in [-0.15, -0.1) is 0 Å². The Bertz CT molecular complexity index is 1100. The fourth-order valence-corrected chi connectivity index (χ4v) is 3.98. The van der Waals surface area contributed by atoms with E-state index in [9.17, 15) is 9.59 Å². The van der Waals surface area contributed by atoms with Gasteiger partial charge in [0.2, 0.25) is 5.91 Å². The van der Waals surface area contributed by atoms with Crippen LogP contribution in [0.5, 0.6) is 0 Å². The van der Waals surface area contributed by atoms with E-state index in [0.717, 1.165) is 29.5 Å². The van der Waals surface area contributed by atoms with Crippen LogP contribution in [0.2, 0.25) is 0 Å². The summed E-state index contributed by atoms with van der Waals surface area (Å²) in [5.41, 5.74) is 17.0. The molecule has 0 spiro atoms. The van der Waals surface area contributed by atoms with Crippen LogP contribution in [0.25, 0.3) is 6.08 Å². The molecule has 174 valence electrons. The summed E-state index contributed by atoms with van der Waals surface area (Å²) < 4.78 is 0. The number of aryl methyl sites for hydroxylation is 1. The van der Waals surface area contributed by atoms with Crippen LogP contribution in [0.3, 0.4) is 0 Å². The van der Waals surface area contributed by atoms with Gasteiger partial charge in [0.25, 0.3) is 5.91 Å². The van der Waals surface area contributed by atoms with E-state index >= 15 is 0 Å². The average molecular weight is 448 g/mol. The minimum Gasteiger partial charge on any atom is -0.387 e. The molecule has 7 nitrogen and oxygen atoms in total. The SMILES string of the molecule is CCCN(CCC)C(=O)C1=Cc2ccc(C(=O)Nc3cc(C)cc(CN)c3)cc2N=C(N)C1. The molecule has 7 heteroatoms. The number of amidine groups is 1. The quantitative estimate of drug-likeness (QED) is 0.564. The van der Waals surface area contributed by atoms with Gasteiger partial charge in [-0.3, -0.25) is 9.59 Å². The van der Waals surface area contributed by atoms with Crippen LogP contribution in [-0.2, 0) is 11.3 Å². The number of nitrogens with zero attached hydrogens (tertiary/aromatic N) is 2. The van der Waals surface area contributed by atoms with E-state index < -0.39 is 0 Å². The highest BCUT2D eigenvalue weighted by molar-refractivity contribution is 6.08. The second-order valence-electron chi connectivity index (χ2n) is 8.38. The second-order valence-corrected chi connectivity index (χ2v) is 8.38. The van der Waals surface area contributed by atoms with Gasteiger partial charge < -0.3 is 21.7 Å². The molecular weight excluding hydrogens is 414 g/mol. The van der Waals surface area contributed by atoms with E-state index in [1.165, 1.54) is 0 Å². The van der Waals surface area contributed by atoms with Crippen LogP contribution in [0, 0.1) is 6.92 Å². The van der Waals surface area contributed by atoms with Crippen molar-refractivity contribution in [1.82, 2.24) is 4.90 Å². The largest absolute Gasteiger partial charge is 0.387 e. The zero-order valence-electron chi connectivity index (χ0n) is 19.6. The van der Waals surface area contributed by atoms with Crippen LogP contribution >= 0.6 is 0 Å². The van der Waals surface area contributed by atoms with Crippen LogP contribution in [0.4, 0.5) is 11.4 Å². The lowest BCUT2D eigenvalue weighted by Crippen LogP contribution is -2.34. The van der Waals surface area contributed by atoms with Crippen molar-refractivity contribution in [3.05, 3.63) is 64.2 Å². The van der Waals surface area contributed by atoms with Gasteiger partial charge in [0.05, 0.1) is 5.69 Å². The number of carbonyl (C=O) groups is 2. The standard InChI is InChI=1S/C26H33N5O2/c1-4-8-31(9-5-2)26(33)21-13-19-6-7-20(14-23(19)30-24(28)15-21)25(32)29-22-11-17(3)10-18(12-22)16-27/h6-7,10-14H,4-5,8-9,15-16,27H2,1-3H3,(H2,28,30)(H,29,32). The van der Waals surface area contributed by atoms with Crippen molar-refractivity contribution < 1.29 is 9.59 Å². The summed E-state index contributed by atoms with van der Waals surface area (Å²) in [6.45, 7) is 7.89. The molecule has 0 unspecified atom stereocenters. The summed E-state index contributed by atoms with van der Waals surface area (Å²) in [5.74, 6) is 0.0912. The monoisotopic (exact) mass is 447 g/mol. The fourth-order valence-electron chi connectivity index (χ4n) is 3.98. The molecule has 2 aromatic carbocycles. The van der Waals surface area contributed by atoms with Gasteiger partial charge in [-0.25, -0.2) is 4.99 Å². The molecule has 1 heterocycles. The molecule has 0 atom stereocenters. The summed E-state index contributed by atoms with van der Waals surface area (Å²) in [5, 5.41) is 2.93. The Labute approximate surface area is 195 Å². The molecule has 0 radical (unpaired) electrons. The Hall–Kier alpha value is -3.45. The molecule has 0 bridgehead atoms. The molecule has 5 N–H and O–H groups in total. The van der Waals surface area contributed by atoms with Gasteiger partial charge in [-0.1, -0.05) is 26.0 Å². The normalized spacial score (nSPS) is 12.8. The topological polar surface area (TPSA) is 114 Å². The number of hydrogen-bond donors (Lipinski definition) is 3. The number of benzene rings is 2. The molecule has 0 saturated heterocycles. The number of rotatable bonds is 8. The van der Waals surface area contributed by atoms with Crippen molar-refractivity contribution in [2.45, 2.75) is 46.6 Å². The maximum atomic E-state index is 13.1. The molecule has 1 aliphatic heterocycles. The summed E-state index contributed by atoms with van der Waals surface area (Å²) in [4.78, 5) is 32.4. The van der Waals surface area contributed by atoms with Crippen LogP contribution < -0.4 is 16.8 Å². The van der Waals surface area contributed by atoms with Crippen molar-refractivity contribution >= 4 is 35.1 Å². The van der Waals surface area contributed by atoms with Crippen molar-refractivity contribution in [3.8, 4) is 0 Å². The van der Waals surface area contributed by atoms with Gasteiger partial charge in [0, 0.05) is 48.4 Å². The van der Waals surface area contributed by atoms with Gasteiger partial charge in [-0.05, 0) is 61.2 Å². The van der Waals surface area contributed by atoms with E-state index in [1.807, 2.05) is 42.2 Å². The Balaban J connectivity index is 1.87. The third kappa shape index (κ3) is 6.08. The highest BCUT2D eigenvalue weighted by atomic mass is 16.2. The van der Waals surface area contributed by atoms with Crippen molar-refractivity contribution in [2.24, 2.45) is 16.5 Å². The predicted octanol–water partition coefficient (Wildman–Crippen LogP) is 4.13. The zero-order valence-corrected chi connectivity index (χ0v) is 19.6. The predicted molar refractivity (Wildman–Crippen MR) is 135 cm³/mol. The lowest BCUT2D eigenvalue weighted by Gasteiger charge is -2.22. The highest BCUT2D eigenvalue weighted by Gasteiger charge is 2.21. The Kier molecular flexibility index (Phi) is 8.01. The molecule has 33 heavy (non-hydrogen) atoms. The number of anilines is 1. The van der Waals surface area contributed by atoms with Crippen LogP contribution in [0.1, 0.15) is 60.2 Å². The molecule has 0 aromatic heterocycles. The van der Waals surface area contributed by atoms with E-state index in [4.69, 9.17) is 11.5 Å². The minimum absolute atomic E-state index is 0.0123. The first kappa shape index (κ1) is 24.2. The van der Waals surface area contributed by atoms with E-state index in [2.05, 4.69) is 24.2 Å². The van der Waals surface area contributed by atoms with Crippen LogP contribution in [-0.4, -0.2) is 35.6 Å². The van der Waals surface area contributed by atoms with Crippen molar-refractivity contribution in [2.75, 3.05) is 18.4 Å². The minimum atomic E-state index is -0.248. The molecule has 2 amide bonds. The van der Waals surface area contributed by atoms with E-state index in [-0.39, 0.29) is 18.2 Å². The molecule has 0 aliphatic carbocycles. The number of hydrogen-bond acceptors (Lipinski definition) is 5. The molecule has 2 aromatic rings. The average Bonchev–Trinajstić information content (AvgIpc) is 2.95. The summed E-state index contributed by atoms with van der Waals surface area (Å²) in [6, 6.07) is 11.0. The first-order valence-electron chi connectivity index (χ1n) is 11.4. The van der Waals surface area contributed by atoms with Gasteiger partial charge in [0.15, 0.2) is 0 Å². The summed E-state index contributed by atoms with van der Waals surface area (Å²) >= 11 is 0. The first-order chi connectivity index (χ1) is 15.8. The Morgan fingerprint density at radius 2 is 1.82 bits per heavy atom. The van der Waals surface area contributed by atoms with Gasteiger partial charge in [0.1, 0.15) is 5.84 Å². The highest BCUT2D eigenvalue weighted by Crippen LogP contribution is 2.29. The zero-order chi connectivity index (χ0) is 24.0. The second kappa shape index (κ2) is 10.9. The van der Waals surface area contributed by atoms with E-state index in [0.29, 0.717) is 48.0 Å². The molecule has 3 rings (SSSR count). The van der Waals surface area contributed by atoms with E-state index in [1.54, 1.807) is 12.1 Å². The van der Waals surface area contributed by atoms with Crippen LogP contribution in [0.15, 0.2) is 47.0 Å². The number of aliphatic imine (C=N–C) groups is 1. The molecular formula is C26H33N5O2. The number of amides is 2. The fraction of sp³-hybridized carbons (Fsp3) is 0.346. The number of carbonyl (C=O) groups excluding carboxylic acids is 2. The lowest BCUT2D eigenvalue weighted by atomic mass is 10.0. The number of fused-ring (bicyclic) bond motifs is 1. The summed E-state index contributed by atoms with van der Waals surface area (Å²) in [6.07, 6.45) is 3.91. The third-order valence-electron chi connectivity index (χ3n) is 5.44. The Morgan fingerprint density at radius 1 is 1.09 bits per heavy atom. The smallest absolute Gasteiger partial charge is 0.255 e. The van der Waals surface area contributed by atoms with Gasteiger partial charge in [-0.2, -0.15) is 0 Å². The molecule has 0 saturated carbocycles. The molecule has 1 aliphatic rings. The maximum absolute atomic E-state index is 13.1.